The monoisotopic (exact) mass is 356 g/mol. The average Bonchev–Trinajstić information content (AvgIpc) is 2.62. The van der Waals surface area contributed by atoms with Crippen LogP contribution >= 0.6 is 0 Å². The van der Waals surface area contributed by atoms with Gasteiger partial charge in [-0.2, -0.15) is 4.98 Å². The minimum Gasteiger partial charge on any atom is -0.434 e. The highest BCUT2D eigenvalue weighted by Crippen LogP contribution is 2.38. The van der Waals surface area contributed by atoms with Crippen molar-refractivity contribution in [2.75, 3.05) is 11.4 Å². The van der Waals surface area contributed by atoms with Crippen molar-refractivity contribution in [1.82, 2.24) is 9.97 Å². The number of piperidine rings is 1. The molecule has 138 valence electrons. The van der Waals surface area contributed by atoms with Crippen molar-refractivity contribution < 1.29 is 9.66 Å². The van der Waals surface area contributed by atoms with Crippen LogP contribution in [0.4, 0.5) is 11.5 Å². The van der Waals surface area contributed by atoms with Gasteiger partial charge in [-0.15, -0.1) is 0 Å². The van der Waals surface area contributed by atoms with Gasteiger partial charge in [0.2, 0.25) is 5.82 Å². The molecule has 0 bridgehead atoms. The third kappa shape index (κ3) is 3.76. The molecule has 2 aromatic rings. The Kier molecular flexibility index (Phi) is 5.35. The van der Waals surface area contributed by atoms with E-state index in [1.807, 2.05) is 29.2 Å². The second kappa shape index (κ2) is 7.68. The molecule has 0 radical (unpaired) electrons. The minimum atomic E-state index is -0.450. The summed E-state index contributed by atoms with van der Waals surface area (Å²) in [6.07, 6.45) is 4.45. The Bertz CT molecular complexity index is 777. The van der Waals surface area contributed by atoms with E-state index in [4.69, 9.17) is 4.74 Å². The molecule has 7 nitrogen and oxygen atoms in total. The molecule has 0 N–H and O–H groups in total. The van der Waals surface area contributed by atoms with E-state index in [1.54, 1.807) is 0 Å². The third-order valence-electron chi connectivity index (χ3n) is 4.79. The van der Waals surface area contributed by atoms with Crippen LogP contribution in [-0.2, 0) is 0 Å². The van der Waals surface area contributed by atoms with Crippen molar-refractivity contribution in [2.24, 2.45) is 0 Å². The molecule has 0 amide bonds. The van der Waals surface area contributed by atoms with E-state index in [2.05, 4.69) is 30.7 Å². The molecule has 1 aromatic carbocycles. The molecular weight excluding hydrogens is 332 g/mol. The van der Waals surface area contributed by atoms with Crippen LogP contribution in [0.15, 0.2) is 30.6 Å². The molecule has 1 unspecified atom stereocenters. The van der Waals surface area contributed by atoms with E-state index in [1.165, 1.54) is 11.9 Å². The summed E-state index contributed by atoms with van der Waals surface area (Å²) in [5.41, 5.74) is 1.01. The average molecular weight is 356 g/mol. The molecule has 0 saturated carbocycles. The van der Waals surface area contributed by atoms with Gasteiger partial charge in [-0.3, -0.25) is 10.1 Å². The van der Waals surface area contributed by atoms with E-state index < -0.39 is 4.92 Å². The number of hydrogen-bond acceptors (Lipinski definition) is 6. The Morgan fingerprint density at radius 2 is 1.96 bits per heavy atom. The molecule has 1 aromatic heterocycles. The number of ether oxygens (including phenoxy) is 1. The van der Waals surface area contributed by atoms with Gasteiger partial charge in [-0.1, -0.05) is 26.0 Å². The normalized spacial score (nSPS) is 17.4. The lowest BCUT2D eigenvalue weighted by Crippen LogP contribution is -2.38. The first-order chi connectivity index (χ1) is 12.5. The lowest BCUT2D eigenvalue weighted by molar-refractivity contribution is -0.385. The third-order valence-corrected chi connectivity index (χ3v) is 4.79. The zero-order valence-corrected chi connectivity index (χ0v) is 15.4. The molecule has 1 aliphatic heterocycles. The number of nitro groups is 1. The van der Waals surface area contributed by atoms with Gasteiger partial charge in [0.15, 0.2) is 0 Å². The van der Waals surface area contributed by atoms with Crippen LogP contribution in [0.3, 0.4) is 0 Å². The molecule has 1 atom stereocenters. The second-order valence-corrected chi connectivity index (χ2v) is 6.97. The molecule has 1 fully saturated rings. The number of benzene rings is 1. The van der Waals surface area contributed by atoms with Gasteiger partial charge in [-0.25, -0.2) is 4.98 Å². The molecule has 3 rings (SSSR count). The SMILES string of the molecule is CC(C)c1ccc(Oc2ncnc(N3CCCCC3C)c2[N+](=O)[O-])cc1. The van der Waals surface area contributed by atoms with Gasteiger partial charge < -0.3 is 9.64 Å². The van der Waals surface area contributed by atoms with Crippen molar-refractivity contribution in [3.8, 4) is 11.6 Å². The van der Waals surface area contributed by atoms with Crippen molar-refractivity contribution in [1.29, 1.82) is 0 Å². The number of anilines is 1. The van der Waals surface area contributed by atoms with Crippen LogP contribution in [0.25, 0.3) is 0 Å². The highest BCUT2D eigenvalue weighted by molar-refractivity contribution is 5.64. The van der Waals surface area contributed by atoms with E-state index in [0.29, 0.717) is 17.5 Å². The Morgan fingerprint density at radius 1 is 1.23 bits per heavy atom. The maximum atomic E-state index is 11.7. The lowest BCUT2D eigenvalue weighted by atomic mass is 10.0. The maximum Gasteiger partial charge on any atom is 0.373 e. The fourth-order valence-corrected chi connectivity index (χ4v) is 3.24. The van der Waals surface area contributed by atoms with Crippen LogP contribution in [0.2, 0.25) is 0 Å². The van der Waals surface area contributed by atoms with Gasteiger partial charge >= 0.3 is 11.6 Å². The highest BCUT2D eigenvalue weighted by atomic mass is 16.6. The first-order valence-electron chi connectivity index (χ1n) is 9.01. The van der Waals surface area contributed by atoms with Crippen molar-refractivity contribution in [2.45, 2.75) is 52.0 Å². The lowest BCUT2D eigenvalue weighted by Gasteiger charge is -2.33. The second-order valence-electron chi connectivity index (χ2n) is 6.97. The Labute approximate surface area is 153 Å². The first kappa shape index (κ1) is 18.1. The van der Waals surface area contributed by atoms with E-state index in [0.717, 1.165) is 25.8 Å². The van der Waals surface area contributed by atoms with Crippen LogP contribution in [0, 0.1) is 10.1 Å². The Balaban J connectivity index is 1.94. The van der Waals surface area contributed by atoms with Gasteiger partial charge in [-0.05, 0) is 49.8 Å². The number of nitrogens with zero attached hydrogens (tertiary/aromatic N) is 4. The van der Waals surface area contributed by atoms with E-state index in [9.17, 15) is 10.1 Å². The van der Waals surface area contributed by atoms with Gasteiger partial charge in [0.05, 0.1) is 4.92 Å². The van der Waals surface area contributed by atoms with Crippen molar-refractivity contribution >= 4 is 11.5 Å². The number of aromatic nitrogens is 2. The van der Waals surface area contributed by atoms with Crippen LogP contribution < -0.4 is 9.64 Å². The summed E-state index contributed by atoms with van der Waals surface area (Å²) in [6.45, 7) is 7.03. The number of rotatable bonds is 5. The topological polar surface area (TPSA) is 81.4 Å². The van der Waals surface area contributed by atoms with E-state index >= 15 is 0 Å². The van der Waals surface area contributed by atoms with Crippen LogP contribution in [0.5, 0.6) is 11.6 Å². The summed E-state index contributed by atoms with van der Waals surface area (Å²) in [5, 5.41) is 11.7. The standard InChI is InChI=1S/C19H24N4O3/c1-13(2)15-7-9-16(10-8-15)26-19-17(23(24)25)18(20-12-21-19)22-11-5-4-6-14(22)3/h7-10,12-14H,4-6,11H2,1-3H3. The first-order valence-corrected chi connectivity index (χ1v) is 9.01. The Hall–Kier alpha value is -2.70. The van der Waals surface area contributed by atoms with E-state index in [-0.39, 0.29) is 17.6 Å². The molecule has 2 heterocycles. The molecular formula is C19H24N4O3. The molecule has 0 spiro atoms. The fraction of sp³-hybridized carbons (Fsp3) is 0.474. The number of hydrogen-bond donors (Lipinski definition) is 0. The highest BCUT2D eigenvalue weighted by Gasteiger charge is 2.32. The Morgan fingerprint density at radius 3 is 2.58 bits per heavy atom. The maximum absolute atomic E-state index is 11.7. The molecule has 7 heteroatoms. The summed E-state index contributed by atoms with van der Waals surface area (Å²) in [6, 6.07) is 7.74. The largest absolute Gasteiger partial charge is 0.434 e. The van der Waals surface area contributed by atoms with Crippen LogP contribution in [-0.4, -0.2) is 27.5 Å². The predicted molar refractivity (Wildman–Crippen MR) is 100.0 cm³/mol. The predicted octanol–water partition coefficient (Wildman–Crippen LogP) is 4.68. The summed E-state index contributed by atoms with van der Waals surface area (Å²) in [7, 11) is 0. The van der Waals surface area contributed by atoms with Gasteiger partial charge in [0.25, 0.3) is 0 Å². The summed E-state index contributed by atoms with van der Waals surface area (Å²) < 4.78 is 5.75. The van der Waals surface area contributed by atoms with Crippen LogP contribution in [0.1, 0.15) is 51.5 Å². The summed E-state index contributed by atoms with van der Waals surface area (Å²) in [4.78, 5) is 21.5. The fourth-order valence-electron chi connectivity index (χ4n) is 3.24. The quantitative estimate of drug-likeness (QED) is 0.571. The minimum absolute atomic E-state index is 0.0185. The summed E-state index contributed by atoms with van der Waals surface area (Å²) >= 11 is 0. The molecule has 1 saturated heterocycles. The molecule has 0 aliphatic carbocycles. The summed E-state index contributed by atoms with van der Waals surface area (Å²) in [5.74, 6) is 1.25. The molecule has 26 heavy (non-hydrogen) atoms. The zero-order valence-electron chi connectivity index (χ0n) is 15.4. The molecule has 1 aliphatic rings. The van der Waals surface area contributed by atoms with Gasteiger partial charge in [0, 0.05) is 12.6 Å². The van der Waals surface area contributed by atoms with Crippen molar-refractivity contribution in [3.63, 3.8) is 0 Å². The smallest absolute Gasteiger partial charge is 0.373 e. The van der Waals surface area contributed by atoms with Gasteiger partial charge in [0.1, 0.15) is 12.1 Å². The van der Waals surface area contributed by atoms with Crippen molar-refractivity contribution in [3.05, 3.63) is 46.3 Å². The zero-order chi connectivity index (χ0) is 18.7.